The van der Waals surface area contributed by atoms with Gasteiger partial charge >= 0.3 is 0 Å². The van der Waals surface area contributed by atoms with Crippen molar-refractivity contribution in [2.75, 3.05) is 0 Å². The average Bonchev–Trinajstić information content (AvgIpc) is 2.19. The van der Waals surface area contributed by atoms with E-state index in [0.29, 0.717) is 5.41 Å². The van der Waals surface area contributed by atoms with Crippen LogP contribution in [-0.4, -0.2) is 0 Å². The molecule has 0 aromatic carbocycles. The highest BCUT2D eigenvalue weighted by molar-refractivity contribution is 5.24. The third kappa shape index (κ3) is 7.73. The van der Waals surface area contributed by atoms with E-state index in [1.165, 1.54) is 12.0 Å². The smallest absolute Gasteiger partial charge is 0.0104 e. The van der Waals surface area contributed by atoms with E-state index in [2.05, 4.69) is 59.8 Å². The highest BCUT2D eigenvalue weighted by Crippen LogP contribution is 2.34. The van der Waals surface area contributed by atoms with Crippen LogP contribution in [-0.2, 0) is 0 Å². The summed E-state index contributed by atoms with van der Waals surface area (Å²) in [5, 5.41) is 0. The van der Waals surface area contributed by atoms with Gasteiger partial charge in [-0.05, 0) is 36.7 Å². The van der Waals surface area contributed by atoms with Gasteiger partial charge in [0.05, 0.1) is 0 Å². The summed E-state index contributed by atoms with van der Waals surface area (Å²) in [5.41, 5.74) is 1.78. The molecule has 0 bridgehead atoms. The van der Waals surface area contributed by atoms with Crippen molar-refractivity contribution in [2.45, 2.75) is 68.2 Å². The molecule has 0 aliphatic rings. The highest BCUT2D eigenvalue weighted by atomic mass is 14.3. The Morgan fingerprint density at radius 3 is 2.00 bits per heavy atom. The molecule has 0 spiro atoms. The van der Waals surface area contributed by atoms with Crippen LogP contribution in [0.5, 0.6) is 0 Å². The molecule has 0 aromatic rings. The first-order chi connectivity index (χ1) is 7.44. The van der Waals surface area contributed by atoms with E-state index < -0.39 is 0 Å². The lowest BCUT2D eigenvalue weighted by Gasteiger charge is -2.28. The summed E-state index contributed by atoms with van der Waals surface area (Å²) in [6.07, 6.45) is 9.14. The summed E-state index contributed by atoms with van der Waals surface area (Å²) < 4.78 is 0. The van der Waals surface area contributed by atoms with Gasteiger partial charge in [0.2, 0.25) is 0 Å². The first-order valence-electron chi connectivity index (χ1n) is 6.77. The highest BCUT2D eigenvalue weighted by Gasteiger charge is 2.21. The topological polar surface area (TPSA) is 0 Å². The zero-order valence-electron chi connectivity index (χ0n) is 12.7. The molecule has 96 valence electrons. The molecule has 0 amide bonds. The van der Waals surface area contributed by atoms with Gasteiger partial charge in [0.1, 0.15) is 0 Å². The van der Waals surface area contributed by atoms with Gasteiger partial charge in [-0.3, -0.25) is 0 Å². The fraction of sp³-hybridized carbons (Fsp3) is 0.750. The second kappa shape index (κ2) is 9.69. The lowest BCUT2D eigenvalue weighted by molar-refractivity contribution is 0.351. The van der Waals surface area contributed by atoms with Gasteiger partial charge in [0.15, 0.2) is 0 Å². The van der Waals surface area contributed by atoms with Crippen molar-refractivity contribution in [3.8, 4) is 0 Å². The molecule has 0 heterocycles. The Bertz CT molecular complexity index is 204. The molecule has 0 saturated carbocycles. The number of hydrogen-bond donors (Lipinski definition) is 0. The summed E-state index contributed by atoms with van der Waals surface area (Å²) >= 11 is 0. The van der Waals surface area contributed by atoms with Crippen LogP contribution >= 0.6 is 0 Å². The maximum Gasteiger partial charge on any atom is -0.0104 e. The fourth-order valence-electron chi connectivity index (χ4n) is 2.10. The summed E-state index contributed by atoms with van der Waals surface area (Å²) in [4.78, 5) is 0. The van der Waals surface area contributed by atoms with Crippen LogP contribution in [0.15, 0.2) is 23.8 Å². The SMILES string of the molecule is C/C=C(\C=C/CC)C(C)(C)CC(C)C.CC. The molecule has 16 heavy (non-hydrogen) atoms. The molecule has 0 aliphatic carbocycles. The molecule has 0 unspecified atom stereocenters. The fourth-order valence-corrected chi connectivity index (χ4v) is 2.10. The van der Waals surface area contributed by atoms with Gasteiger partial charge in [-0.2, -0.15) is 0 Å². The Labute approximate surface area is 104 Å². The van der Waals surface area contributed by atoms with Crippen molar-refractivity contribution in [2.24, 2.45) is 11.3 Å². The molecule has 0 N–H and O–H groups in total. The first-order valence-corrected chi connectivity index (χ1v) is 6.77. The largest absolute Gasteiger partial charge is 0.0845 e. The minimum atomic E-state index is 0.314. The third-order valence-electron chi connectivity index (χ3n) is 2.54. The van der Waals surface area contributed by atoms with Crippen LogP contribution in [0.2, 0.25) is 0 Å². The number of hydrogen-bond acceptors (Lipinski definition) is 0. The van der Waals surface area contributed by atoms with Gasteiger partial charge in [-0.15, -0.1) is 0 Å². The molecule has 0 heteroatoms. The van der Waals surface area contributed by atoms with Crippen LogP contribution in [0.1, 0.15) is 68.2 Å². The first kappa shape index (κ1) is 17.9. The predicted molar refractivity (Wildman–Crippen MR) is 77.8 cm³/mol. The van der Waals surface area contributed by atoms with E-state index in [1.54, 1.807) is 0 Å². The minimum Gasteiger partial charge on any atom is -0.0845 e. The van der Waals surface area contributed by atoms with E-state index in [9.17, 15) is 0 Å². The molecule has 0 rings (SSSR count). The Hall–Kier alpha value is -0.520. The minimum absolute atomic E-state index is 0.314. The van der Waals surface area contributed by atoms with Gasteiger partial charge in [-0.1, -0.05) is 66.7 Å². The maximum atomic E-state index is 2.34. The Morgan fingerprint density at radius 1 is 1.19 bits per heavy atom. The zero-order valence-corrected chi connectivity index (χ0v) is 12.7. The summed E-state index contributed by atoms with van der Waals surface area (Å²) in [7, 11) is 0. The maximum absolute atomic E-state index is 2.34. The standard InChI is InChI=1S/C14H26.C2H6/c1-7-9-10-13(8-2)14(5,6)11-12(3)4;1-2/h8-10,12H,7,11H2,1-6H3;1-2H3/b10-9-,13-8+;. The molecule has 0 aromatic heterocycles. The van der Waals surface area contributed by atoms with Gasteiger partial charge < -0.3 is 0 Å². The number of rotatable bonds is 5. The Balaban J connectivity index is 0. The van der Waals surface area contributed by atoms with Gasteiger partial charge in [-0.25, -0.2) is 0 Å². The van der Waals surface area contributed by atoms with E-state index in [4.69, 9.17) is 0 Å². The molecular formula is C16H32. The predicted octanol–water partition coefficient (Wildman–Crippen LogP) is 6.00. The van der Waals surface area contributed by atoms with Crippen molar-refractivity contribution >= 4 is 0 Å². The van der Waals surface area contributed by atoms with Crippen molar-refractivity contribution in [1.29, 1.82) is 0 Å². The molecule has 0 saturated heterocycles. The molecule has 0 nitrogen and oxygen atoms in total. The normalized spacial score (nSPS) is 12.9. The Kier molecular flexibility index (Phi) is 10.8. The quantitative estimate of drug-likeness (QED) is 0.503. The lowest BCUT2D eigenvalue weighted by Crippen LogP contribution is -2.16. The van der Waals surface area contributed by atoms with Crippen molar-refractivity contribution in [3.05, 3.63) is 23.8 Å². The average molecular weight is 224 g/mol. The van der Waals surface area contributed by atoms with Crippen molar-refractivity contribution < 1.29 is 0 Å². The second-order valence-electron chi connectivity index (χ2n) is 5.04. The second-order valence-corrected chi connectivity index (χ2v) is 5.04. The van der Waals surface area contributed by atoms with E-state index in [-0.39, 0.29) is 0 Å². The summed E-state index contributed by atoms with van der Waals surface area (Å²) in [6, 6.07) is 0. The van der Waals surface area contributed by atoms with Crippen LogP contribution in [0.25, 0.3) is 0 Å². The third-order valence-corrected chi connectivity index (χ3v) is 2.54. The van der Waals surface area contributed by atoms with Crippen molar-refractivity contribution in [3.63, 3.8) is 0 Å². The summed E-state index contributed by atoms with van der Waals surface area (Å²) in [6.45, 7) is 17.6. The van der Waals surface area contributed by atoms with Crippen LogP contribution < -0.4 is 0 Å². The van der Waals surface area contributed by atoms with Crippen LogP contribution in [0.3, 0.4) is 0 Å². The number of allylic oxidation sites excluding steroid dienone is 4. The summed E-state index contributed by atoms with van der Waals surface area (Å²) in [5.74, 6) is 0.759. The van der Waals surface area contributed by atoms with Gasteiger partial charge in [0, 0.05) is 0 Å². The molecule has 0 radical (unpaired) electrons. The molecule has 0 aliphatic heterocycles. The monoisotopic (exact) mass is 224 g/mol. The molecular weight excluding hydrogens is 192 g/mol. The molecule has 0 fully saturated rings. The lowest BCUT2D eigenvalue weighted by atomic mass is 9.77. The Morgan fingerprint density at radius 2 is 1.69 bits per heavy atom. The van der Waals surface area contributed by atoms with Gasteiger partial charge in [0.25, 0.3) is 0 Å². The van der Waals surface area contributed by atoms with Crippen molar-refractivity contribution in [1.82, 2.24) is 0 Å². The van der Waals surface area contributed by atoms with E-state index in [0.717, 1.165) is 12.3 Å². The zero-order chi connectivity index (χ0) is 13.2. The van der Waals surface area contributed by atoms with Crippen LogP contribution in [0.4, 0.5) is 0 Å². The van der Waals surface area contributed by atoms with E-state index in [1.807, 2.05) is 13.8 Å². The van der Waals surface area contributed by atoms with E-state index >= 15 is 0 Å². The van der Waals surface area contributed by atoms with Crippen LogP contribution in [0, 0.1) is 11.3 Å². The molecule has 0 atom stereocenters.